The zero-order chi connectivity index (χ0) is 26.3. The molecular formula is C29H37N3O4S. The predicted molar refractivity (Wildman–Crippen MR) is 144 cm³/mol. The minimum Gasteiger partial charge on any atom is -0.383 e. The van der Waals surface area contributed by atoms with E-state index in [0.717, 1.165) is 19.4 Å². The van der Waals surface area contributed by atoms with Crippen molar-refractivity contribution in [1.29, 1.82) is 0 Å². The van der Waals surface area contributed by atoms with E-state index < -0.39 is 10.0 Å². The number of sulfonamides is 1. The second kappa shape index (κ2) is 10.3. The number of nitrogens with zero attached hydrogens (tertiary/aromatic N) is 3. The van der Waals surface area contributed by atoms with Gasteiger partial charge in [-0.3, -0.25) is 4.90 Å². The van der Waals surface area contributed by atoms with Crippen LogP contribution in [0.15, 0.2) is 51.9 Å². The van der Waals surface area contributed by atoms with Crippen LogP contribution in [-0.2, 0) is 14.8 Å². The molecule has 0 amide bonds. The van der Waals surface area contributed by atoms with Crippen LogP contribution in [0.1, 0.15) is 46.9 Å². The number of fused-ring (bicyclic) bond motifs is 1. The van der Waals surface area contributed by atoms with Crippen LogP contribution in [0, 0.1) is 27.7 Å². The molecule has 0 N–H and O–H groups in total. The average molecular weight is 524 g/mol. The number of rotatable bonds is 6. The Morgan fingerprint density at radius 2 is 1.76 bits per heavy atom. The van der Waals surface area contributed by atoms with E-state index in [-0.39, 0.29) is 22.9 Å². The van der Waals surface area contributed by atoms with E-state index in [1.165, 1.54) is 27.8 Å². The Balaban J connectivity index is 1.46. The number of aromatic nitrogens is 1. The van der Waals surface area contributed by atoms with Crippen molar-refractivity contribution in [2.75, 3.05) is 33.4 Å². The van der Waals surface area contributed by atoms with Crippen LogP contribution in [0.3, 0.4) is 0 Å². The topological polar surface area (TPSA) is 75.9 Å². The lowest BCUT2D eigenvalue weighted by Gasteiger charge is -2.57. The van der Waals surface area contributed by atoms with Crippen molar-refractivity contribution in [3.63, 3.8) is 0 Å². The van der Waals surface area contributed by atoms with E-state index >= 15 is 0 Å². The molecule has 198 valence electrons. The smallest absolute Gasteiger partial charge is 0.248 e. The summed E-state index contributed by atoms with van der Waals surface area (Å²) in [7, 11) is -1.97. The molecule has 2 fully saturated rings. The van der Waals surface area contributed by atoms with E-state index in [1.807, 2.05) is 0 Å². The normalized spacial score (nSPS) is 23.2. The summed E-state index contributed by atoms with van der Waals surface area (Å²) in [5.74, 6) is 0.536. The first-order valence-corrected chi connectivity index (χ1v) is 14.5. The van der Waals surface area contributed by atoms with Crippen molar-refractivity contribution in [1.82, 2.24) is 14.4 Å². The molecule has 3 atom stereocenters. The molecule has 0 saturated carbocycles. The molecule has 0 spiro atoms. The maximum atomic E-state index is 13.7. The minimum absolute atomic E-state index is 0.0854. The van der Waals surface area contributed by atoms with Gasteiger partial charge in [0.15, 0.2) is 5.76 Å². The number of aryl methyl sites for hydroxylation is 3. The number of benzene rings is 2. The van der Waals surface area contributed by atoms with Crippen molar-refractivity contribution in [3.8, 4) is 11.1 Å². The van der Waals surface area contributed by atoms with Gasteiger partial charge >= 0.3 is 0 Å². The van der Waals surface area contributed by atoms with E-state index in [9.17, 15) is 8.42 Å². The molecule has 0 radical (unpaired) electrons. The van der Waals surface area contributed by atoms with Gasteiger partial charge in [0.05, 0.1) is 6.61 Å². The largest absolute Gasteiger partial charge is 0.383 e. The highest BCUT2D eigenvalue weighted by molar-refractivity contribution is 7.89. The molecule has 1 aromatic heterocycles. The van der Waals surface area contributed by atoms with Crippen LogP contribution in [-0.4, -0.2) is 68.2 Å². The third kappa shape index (κ3) is 4.65. The Labute approximate surface area is 220 Å². The number of hydrogen-bond acceptors (Lipinski definition) is 6. The fourth-order valence-electron chi connectivity index (χ4n) is 6.20. The molecule has 2 saturated heterocycles. The van der Waals surface area contributed by atoms with Gasteiger partial charge in [-0.15, -0.1) is 0 Å². The first kappa shape index (κ1) is 26.1. The van der Waals surface area contributed by atoms with E-state index in [4.69, 9.17) is 9.26 Å². The van der Waals surface area contributed by atoms with Gasteiger partial charge in [0.1, 0.15) is 10.6 Å². The molecule has 37 heavy (non-hydrogen) atoms. The van der Waals surface area contributed by atoms with Gasteiger partial charge < -0.3 is 9.26 Å². The molecule has 3 heterocycles. The van der Waals surface area contributed by atoms with Gasteiger partial charge in [-0.05, 0) is 74.9 Å². The maximum absolute atomic E-state index is 13.7. The third-order valence-electron chi connectivity index (χ3n) is 8.26. The first-order chi connectivity index (χ1) is 17.7. The number of ether oxygens (including phenoxy) is 1. The third-order valence-corrected chi connectivity index (χ3v) is 10.4. The van der Waals surface area contributed by atoms with Gasteiger partial charge in [-0.25, -0.2) is 8.42 Å². The van der Waals surface area contributed by atoms with Crippen molar-refractivity contribution < 1.29 is 17.7 Å². The van der Waals surface area contributed by atoms with Gasteiger partial charge in [0.25, 0.3) is 0 Å². The van der Waals surface area contributed by atoms with Crippen LogP contribution >= 0.6 is 0 Å². The lowest BCUT2D eigenvalue weighted by molar-refractivity contribution is -0.0635. The van der Waals surface area contributed by atoms with Crippen LogP contribution in [0.5, 0.6) is 0 Å². The van der Waals surface area contributed by atoms with Crippen LogP contribution in [0.25, 0.3) is 11.1 Å². The summed E-state index contributed by atoms with van der Waals surface area (Å²) in [4.78, 5) is 2.66. The predicted octanol–water partition coefficient (Wildman–Crippen LogP) is 4.84. The highest BCUT2D eigenvalue weighted by atomic mass is 32.2. The summed E-state index contributed by atoms with van der Waals surface area (Å²) in [6.07, 6.45) is 1.77. The minimum atomic E-state index is -3.71. The molecule has 0 aliphatic carbocycles. The second-order valence-electron chi connectivity index (χ2n) is 10.4. The molecule has 2 aliphatic rings. The molecule has 0 unspecified atom stereocenters. The standard InChI is InChI=1S/C29H37N3O4S/c1-19-9-8-10-25(20(19)2)23-11-13-24(14-12-23)28-26-17-31(15-6-7-16-32(26)27(28)18-35-5)37(33,34)29-21(3)30-36-22(29)4/h8-14,26-28H,6-7,15-18H2,1-5H3/t26-,27+,28-/m0/s1. The molecular weight excluding hydrogens is 486 g/mol. The maximum Gasteiger partial charge on any atom is 0.248 e. The molecule has 8 heteroatoms. The Bertz CT molecular complexity index is 1350. The summed E-state index contributed by atoms with van der Waals surface area (Å²) >= 11 is 0. The Hall–Kier alpha value is -2.52. The van der Waals surface area contributed by atoms with Gasteiger partial charge in [-0.2, -0.15) is 4.31 Å². The van der Waals surface area contributed by atoms with Gasteiger partial charge in [0.2, 0.25) is 10.0 Å². The first-order valence-electron chi connectivity index (χ1n) is 13.1. The fourth-order valence-corrected chi connectivity index (χ4v) is 7.99. The molecule has 2 aliphatic heterocycles. The van der Waals surface area contributed by atoms with E-state index in [0.29, 0.717) is 31.2 Å². The molecule has 0 bridgehead atoms. The second-order valence-corrected chi connectivity index (χ2v) is 12.3. The van der Waals surface area contributed by atoms with E-state index in [1.54, 1.807) is 25.3 Å². The lowest BCUT2D eigenvalue weighted by Crippen LogP contribution is -2.68. The monoisotopic (exact) mass is 523 g/mol. The SMILES string of the molecule is COC[C@@H]1[C@@H](c2ccc(-c3cccc(C)c3C)cc2)[C@@H]2CN(S(=O)(=O)c3c(C)noc3C)CCCCN12. The number of hydrogen-bond donors (Lipinski definition) is 0. The van der Waals surface area contributed by atoms with Crippen LogP contribution in [0.2, 0.25) is 0 Å². The quantitative estimate of drug-likeness (QED) is 0.460. The molecule has 3 aromatic rings. The van der Waals surface area contributed by atoms with Crippen LogP contribution < -0.4 is 0 Å². The summed E-state index contributed by atoms with van der Waals surface area (Å²) in [5.41, 5.74) is 6.67. The Kier molecular flexibility index (Phi) is 7.29. The van der Waals surface area contributed by atoms with E-state index in [2.05, 4.69) is 66.4 Å². The van der Waals surface area contributed by atoms with Crippen molar-refractivity contribution >= 4 is 10.0 Å². The zero-order valence-corrected chi connectivity index (χ0v) is 23.2. The fraction of sp³-hybridized carbons (Fsp3) is 0.483. The molecule has 7 nitrogen and oxygen atoms in total. The summed E-state index contributed by atoms with van der Waals surface area (Å²) in [5, 5.41) is 3.90. The Morgan fingerprint density at radius 3 is 2.43 bits per heavy atom. The van der Waals surface area contributed by atoms with Crippen LogP contribution in [0.4, 0.5) is 0 Å². The van der Waals surface area contributed by atoms with Crippen molar-refractivity contribution in [2.45, 2.75) is 63.4 Å². The van der Waals surface area contributed by atoms with Gasteiger partial charge in [0, 0.05) is 38.2 Å². The number of methoxy groups -OCH3 is 1. The van der Waals surface area contributed by atoms with Crippen molar-refractivity contribution in [2.24, 2.45) is 0 Å². The average Bonchev–Trinajstić information content (AvgIpc) is 3.20. The Morgan fingerprint density at radius 1 is 1.03 bits per heavy atom. The highest BCUT2D eigenvalue weighted by Crippen LogP contribution is 2.43. The summed E-state index contributed by atoms with van der Waals surface area (Å²) in [6, 6.07) is 15.6. The van der Waals surface area contributed by atoms with Crippen molar-refractivity contribution in [3.05, 3.63) is 70.6 Å². The molecule has 5 rings (SSSR count). The van der Waals surface area contributed by atoms with Gasteiger partial charge in [-0.1, -0.05) is 47.6 Å². The zero-order valence-electron chi connectivity index (χ0n) is 22.4. The summed E-state index contributed by atoms with van der Waals surface area (Å²) in [6.45, 7) is 10.2. The lowest BCUT2D eigenvalue weighted by atomic mass is 9.74. The summed E-state index contributed by atoms with van der Waals surface area (Å²) < 4.78 is 39.9. The molecule has 2 aromatic carbocycles. The highest BCUT2D eigenvalue weighted by Gasteiger charge is 2.50.